The van der Waals surface area contributed by atoms with E-state index in [1.54, 1.807) is 0 Å². The van der Waals surface area contributed by atoms with Gasteiger partial charge in [-0.2, -0.15) is 0 Å². The van der Waals surface area contributed by atoms with Gasteiger partial charge in [0.15, 0.2) is 0 Å². The molecule has 0 saturated carbocycles. The van der Waals surface area contributed by atoms with Gasteiger partial charge in [-0.15, -0.1) is 6.58 Å². The maximum absolute atomic E-state index is 11.7. The van der Waals surface area contributed by atoms with Crippen LogP contribution in [0.1, 0.15) is 30.1 Å². The highest BCUT2D eigenvalue weighted by Crippen LogP contribution is 2.47. The highest BCUT2D eigenvalue weighted by Gasteiger charge is 2.53. The van der Waals surface area contributed by atoms with Crippen LogP contribution in [-0.4, -0.2) is 33.7 Å². The van der Waals surface area contributed by atoms with E-state index in [4.69, 9.17) is 0 Å². The maximum atomic E-state index is 11.7. The Morgan fingerprint density at radius 3 is 2.72 bits per heavy atom. The van der Waals surface area contributed by atoms with Crippen LogP contribution in [0.25, 0.3) is 10.9 Å². The fraction of sp³-hybridized carbons (Fsp3) is 0.346. The number of rotatable bonds is 5. The quantitative estimate of drug-likeness (QED) is 0.502. The third kappa shape index (κ3) is 3.19. The predicted octanol–water partition coefficient (Wildman–Crippen LogP) is 4.88. The molecule has 148 valence electrons. The first kappa shape index (κ1) is 18.5. The molecule has 2 aromatic carbocycles. The van der Waals surface area contributed by atoms with Crippen LogP contribution in [0, 0.1) is 11.8 Å². The lowest BCUT2D eigenvalue weighted by Gasteiger charge is -2.58. The van der Waals surface area contributed by atoms with E-state index in [1.165, 1.54) is 12.0 Å². The minimum Gasteiger partial charge on any atom is -0.382 e. The van der Waals surface area contributed by atoms with Crippen molar-refractivity contribution in [1.82, 2.24) is 4.98 Å². The minimum absolute atomic E-state index is 0.205. The fourth-order valence-corrected chi connectivity index (χ4v) is 5.91. The summed E-state index contributed by atoms with van der Waals surface area (Å²) in [5.74, 6) is 1.18. The van der Waals surface area contributed by atoms with E-state index in [2.05, 4.69) is 54.0 Å². The highest BCUT2D eigenvalue weighted by atomic mass is 16.3. The average Bonchev–Trinajstić information content (AvgIpc) is 2.78. The Labute approximate surface area is 172 Å². The van der Waals surface area contributed by atoms with Gasteiger partial charge in [0.2, 0.25) is 0 Å². The maximum Gasteiger partial charge on any atom is 0.131 e. The zero-order valence-electron chi connectivity index (χ0n) is 16.8. The van der Waals surface area contributed by atoms with Gasteiger partial charge in [-0.1, -0.05) is 54.6 Å². The van der Waals surface area contributed by atoms with Gasteiger partial charge in [0.05, 0.1) is 18.6 Å². The molecule has 2 unspecified atom stereocenters. The van der Waals surface area contributed by atoms with Crippen molar-refractivity contribution < 1.29 is 9.59 Å². The van der Waals surface area contributed by atoms with Gasteiger partial charge in [0.25, 0.3) is 0 Å². The van der Waals surface area contributed by atoms with Crippen molar-refractivity contribution in [1.29, 1.82) is 0 Å². The van der Waals surface area contributed by atoms with Gasteiger partial charge >= 0.3 is 0 Å². The molecule has 0 spiro atoms. The van der Waals surface area contributed by atoms with Crippen molar-refractivity contribution in [3.63, 3.8) is 0 Å². The molecule has 29 heavy (non-hydrogen) atoms. The summed E-state index contributed by atoms with van der Waals surface area (Å²) >= 11 is 0. The number of aromatic nitrogens is 1. The largest absolute Gasteiger partial charge is 0.382 e. The summed E-state index contributed by atoms with van der Waals surface area (Å²) in [6.07, 6.45) is 5.79. The Hall–Kier alpha value is -2.49. The number of para-hydroxylation sites is 1. The summed E-state index contributed by atoms with van der Waals surface area (Å²) in [6.45, 7) is 7.32. The van der Waals surface area contributed by atoms with Gasteiger partial charge < -0.3 is 9.59 Å². The molecule has 3 nitrogen and oxygen atoms in total. The summed E-state index contributed by atoms with van der Waals surface area (Å²) in [5.41, 5.74) is 3.33. The van der Waals surface area contributed by atoms with E-state index in [1.807, 2.05) is 30.5 Å². The number of benzene rings is 2. The van der Waals surface area contributed by atoms with E-state index in [-0.39, 0.29) is 6.04 Å². The van der Waals surface area contributed by atoms with E-state index < -0.39 is 6.10 Å². The van der Waals surface area contributed by atoms with Crippen LogP contribution in [0.4, 0.5) is 0 Å². The molecule has 3 fully saturated rings. The minimum atomic E-state index is -0.486. The summed E-state index contributed by atoms with van der Waals surface area (Å²) in [5, 5.41) is 12.8. The first-order valence-corrected chi connectivity index (χ1v) is 10.7. The summed E-state index contributed by atoms with van der Waals surface area (Å²) in [6, 6.07) is 21.2. The molecule has 3 heteroatoms. The van der Waals surface area contributed by atoms with Crippen molar-refractivity contribution in [2.24, 2.45) is 11.8 Å². The molecule has 5 atom stereocenters. The van der Waals surface area contributed by atoms with Gasteiger partial charge in [-0.05, 0) is 23.6 Å². The van der Waals surface area contributed by atoms with Crippen molar-refractivity contribution in [2.75, 3.05) is 13.1 Å². The zero-order valence-corrected chi connectivity index (χ0v) is 16.8. The van der Waals surface area contributed by atoms with Crippen molar-refractivity contribution in [2.45, 2.75) is 31.5 Å². The van der Waals surface area contributed by atoms with Crippen LogP contribution in [0.2, 0.25) is 0 Å². The third-order valence-electron chi connectivity index (χ3n) is 7.38. The molecule has 3 aliphatic heterocycles. The van der Waals surface area contributed by atoms with E-state index in [0.29, 0.717) is 11.8 Å². The summed E-state index contributed by atoms with van der Waals surface area (Å²) in [4.78, 5) is 4.50. The molecule has 3 saturated heterocycles. The topological polar surface area (TPSA) is 33.1 Å². The van der Waals surface area contributed by atoms with Crippen LogP contribution in [0.3, 0.4) is 0 Å². The number of hydrogen-bond acceptors (Lipinski definition) is 2. The molecular weight excluding hydrogens is 356 g/mol. The highest BCUT2D eigenvalue weighted by molar-refractivity contribution is 5.82. The Morgan fingerprint density at radius 1 is 1.10 bits per heavy atom. The third-order valence-corrected chi connectivity index (χ3v) is 7.38. The van der Waals surface area contributed by atoms with E-state index in [9.17, 15) is 5.11 Å². The second-order valence-corrected chi connectivity index (χ2v) is 8.88. The Bertz CT molecular complexity index is 1010. The lowest BCUT2D eigenvalue weighted by atomic mass is 9.71. The number of fused-ring (bicyclic) bond motifs is 4. The van der Waals surface area contributed by atoms with Gasteiger partial charge in [0, 0.05) is 35.9 Å². The lowest BCUT2D eigenvalue weighted by Crippen LogP contribution is -2.67. The SMILES string of the molecule is C=C[C@H]1C[N+]2(Cc3ccccc3)CCC1C[C@@H]2[C@H](O)c1ccnc2ccccc12. The fourth-order valence-electron chi connectivity index (χ4n) is 5.91. The number of quaternary nitrogens is 1. The molecule has 3 aliphatic rings. The average molecular weight is 386 g/mol. The molecule has 0 aliphatic carbocycles. The summed E-state index contributed by atoms with van der Waals surface area (Å²) < 4.78 is 0.953. The molecule has 6 rings (SSSR count). The molecule has 1 N–H and O–H groups in total. The van der Waals surface area contributed by atoms with Crippen LogP contribution in [-0.2, 0) is 6.54 Å². The van der Waals surface area contributed by atoms with Gasteiger partial charge in [0.1, 0.15) is 18.7 Å². The molecule has 4 heterocycles. The number of aliphatic hydroxyl groups excluding tert-OH is 1. The van der Waals surface area contributed by atoms with E-state index in [0.717, 1.165) is 47.0 Å². The Balaban J connectivity index is 1.56. The molecule has 1 aromatic heterocycles. The second-order valence-electron chi connectivity index (χ2n) is 8.88. The summed E-state index contributed by atoms with van der Waals surface area (Å²) in [7, 11) is 0. The first-order valence-electron chi connectivity index (χ1n) is 10.7. The predicted molar refractivity (Wildman–Crippen MR) is 117 cm³/mol. The molecule has 0 radical (unpaired) electrons. The number of hydrogen-bond donors (Lipinski definition) is 1. The normalized spacial score (nSPS) is 29.6. The molecule has 3 aromatic rings. The lowest BCUT2D eigenvalue weighted by molar-refractivity contribution is -0.984. The second kappa shape index (κ2) is 7.40. The van der Waals surface area contributed by atoms with Crippen LogP contribution >= 0.6 is 0 Å². The van der Waals surface area contributed by atoms with Crippen LogP contribution in [0.5, 0.6) is 0 Å². The Kier molecular flexibility index (Phi) is 4.73. The van der Waals surface area contributed by atoms with Crippen LogP contribution in [0.15, 0.2) is 79.5 Å². The number of aliphatic hydroxyl groups is 1. The molecule has 2 bridgehead atoms. The van der Waals surface area contributed by atoms with Crippen LogP contribution < -0.4 is 0 Å². The van der Waals surface area contributed by atoms with Crippen molar-refractivity contribution >= 4 is 10.9 Å². The van der Waals surface area contributed by atoms with Crippen molar-refractivity contribution in [3.05, 3.63) is 90.6 Å². The number of nitrogens with zero attached hydrogens (tertiary/aromatic N) is 2. The Morgan fingerprint density at radius 2 is 1.90 bits per heavy atom. The molecular formula is C26H29N2O+. The number of piperidine rings is 3. The molecule has 0 amide bonds. The smallest absolute Gasteiger partial charge is 0.131 e. The zero-order chi connectivity index (χ0) is 19.8. The van der Waals surface area contributed by atoms with E-state index >= 15 is 0 Å². The monoisotopic (exact) mass is 385 g/mol. The van der Waals surface area contributed by atoms with Gasteiger partial charge in [-0.25, -0.2) is 0 Å². The standard InChI is InChI=1S/C26H29N2O/c1-2-20-18-28(17-19-8-4-3-5-9-19)15-13-21(20)16-25(28)26(29)23-12-14-27-24-11-7-6-10-22(23)24/h2-12,14,20-21,25-26,29H,1,13,15-18H2/q+1/t20-,21?,25+,26+,28?/m0/s1. The first-order chi connectivity index (χ1) is 14.2. The van der Waals surface area contributed by atoms with Crippen molar-refractivity contribution in [3.8, 4) is 0 Å². The van der Waals surface area contributed by atoms with Gasteiger partial charge in [-0.3, -0.25) is 4.98 Å². The number of pyridine rings is 1.